The minimum Gasteiger partial charge on any atom is -0.375 e. The molecule has 1 aliphatic carbocycles. The lowest BCUT2D eigenvalue weighted by Gasteiger charge is -2.39. The standard InChI is InChI=1S/C11H21NO/c1-11(2)8-10(6-7-13-11)12-9-4-3-5-9/h9-10,12H,3-8H2,1-2H3. The molecule has 0 aromatic carbocycles. The first kappa shape index (κ1) is 9.47. The summed E-state index contributed by atoms with van der Waals surface area (Å²) < 4.78 is 5.69. The average Bonchev–Trinajstić information content (AvgIpc) is 1.95. The van der Waals surface area contributed by atoms with Crippen LogP contribution in [0.3, 0.4) is 0 Å². The Hall–Kier alpha value is -0.0800. The van der Waals surface area contributed by atoms with Gasteiger partial charge in [-0.25, -0.2) is 0 Å². The summed E-state index contributed by atoms with van der Waals surface area (Å²) in [6, 6.07) is 1.52. The van der Waals surface area contributed by atoms with Crippen LogP contribution in [0.4, 0.5) is 0 Å². The normalized spacial score (nSPS) is 34.2. The third-order valence-corrected chi connectivity index (χ3v) is 3.27. The molecule has 0 spiro atoms. The molecular weight excluding hydrogens is 162 g/mol. The fourth-order valence-electron chi connectivity index (χ4n) is 2.28. The monoisotopic (exact) mass is 183 g/mol. The van der Waals surface area contributed by atoms with E-state index in [-0.39, 0.29) is 5.60 Å². The van der Waals surface area contributed by atoms with E-state index in [4.69, 9.17) is 4.74 Å². The van der Waals surface area contributed by atoms with Crippen molar-refractivity contribution in [2.45, 2.75) is 63.6 Å². The third-order valence-electron chi connectivity index (χ3n) is 3.27. The number of hydrogen-bond acceptors (Lipinski definition) is 2. The molecule has 0 aromatic rings. The Bertz CT molecular complexity index is 175. The Kier molecular flexibility index (Phi) is 2.61. The maximum atomic E-state index is 5.69. The predicted octanol–water partition coefficient (Wildman–Crippen LogP) is 2.09. The van der Waals surface area contributed by atoms with Crippen LogP contribution >= 0.6 is 0 Å². The summed E-state index contributed by atoms with van der Waals surface area (Å²) in [6.45, 7) is 5.32. The van der Waals surface area contributed by atoms with Crippen molar-refractivity contribution in [2.24, 2.45) is 0 Å². The van der Waals surface area contributed by atoms with Crippen molar-refractivity contribution in [1.82, 2.24) is 5.32 Å². The summed E-state index contributed by atoms with van der Waals surface area (Å²) >= 11 is 0. The first-order valence-corrected chi connectivity index (χ1v) is 5.56. The number of rotatable bonds is 2. The van der Waals surface area contributed by atoms with Crippen LogP contribution in [0, 0.1) is 0 Å². The third kappa shape index (κ3) is 2.44. The van der Waals surface area contributed by atoms with Gasteiger partial charge >= 0.3 is 0 Å². The van der Waals surface area contributed by atoms with Gasteiger partial charge in [0.1, 0.15) is 0 Å². The van der Waals surface area contributed by atoms with Crippen molar-refractivity contribution >= 4 is 0 Å². The molecule has 2 rings (SSSR count). The Morgan fingerprint density at radius 1 is 1.15 bits per heavy atom. The topological polar surface area (TPSA) is 21.3 Å². The van der Waals surface area contributed by atoms with Crippen molar-refractivity contribution in [2.75, 3.05) is 6.61 Å². The summed E-state index contributed by atoms with van der Waals surface area (Å²) in [5.74, 6) is 0. The van der Waals surface area contributed by atoms with Crippen molar-refractivity contribution < 1.29 is 4.74 Å². The van der Waals surface area contributed by atoms with E-state index in [9.17, 15) is 0 Å². The molecule has 1 unspecified atom stereocenters. The second-order valence-corrected chi connectivity index (χ2v) is 5.09. The van der Waals surface area contributed by atoms with Gasteiger partial charge in [0, 0.05) is 18.7 Å². The quantitative estimate of drug-likeness (QED) is 0.707. The molecule has 2 heteroatoms. The Balaban J connectivity index is 1.78. The molecule has 2 fully saturated rings. The van der Waals surface area contributed by atoms with Crippen molar-refractivity contribution in [3.63, 3.8) is 0 Å². The molecule has 0 aromatic heterocycles. The second-order valence-electron chi connectivity index (χ2n) is 5.09. The average molecular weight is 183 g/mol. The maximum absolute atomic E-state index is 5.69. The highest BCUT2D eigenvalue weighted by Gasteiger charge is 2.30. The van der Waals surface area contributed by atoms with Crippen molar-refractivity contribution in [1.29, 1.82) is 0 Å². The van der Waals surface area contributed by atoms with Gasteiger partial charge in [0.05, 0.1) is 5.60 Å². The summed E-state index contributed by atoms with van der Waals surface area (Å²) in [4.78, 5) is 0. The molecule has 1 atom stereocenters. The van der Waals surface area contributed by atoms with Gasteiger partial charge in [0.25, 0.3) is 0 Å². The molecule has 13 heavy (non-hydrogen) atoms. The Labute approximate surface area is 81.0 Å². The molecule has 0 amide bonds. The molecule has 2 aliphatic rings. The minimum absolute atomic E-state index is 0.0969. The van der Waals surface area contributed by atoms with E-state index in [1.807, 2.05) is 0 Å². The van der Waals surface area contributed by atoms with Gasteiger partial charge < -0.3 is 10.1 Å². The van der Waals surface area contributed by atoms with Gasteiger partial charge in [-0.05, 0) is 39.5 Å². The van der Waals surface area contributed by atoms with E-state index in [1.165, 1.54) is 32.1 Å². The van der Waals surface area contributed by atoms with Gasteiger partial charge in [0.2, 0.25) is 0 Å². The molecule has 1 heterocycles. The fourth-order valence-corrected chi connectivity index (χ4v) is 2.28. The lowest BCUT2D eigenvalue weighted by atomic mass is 9.88. The minimum atomic E-state index is 0.0969. The van der Waals surface area contributed by atoms with Crippen LogP contribution in [-0.2, 0) is 4.74 Å². The summed E-state index contributed by atoms with van der Waals surface area (Å²) in [6.07, 6.45) is 6.56. The number of nitrogens with one attached hydrogen (secondary N) is 1. The van der Waals surface area contributed by atoms with E-state index in [0.29, 0.717) is 6.04 Å². The predicted molar refractivity (Wildman–Crippen MR) is 53.8 cm³/mol. The number of hydrogen-bond donors (Lipinski definition) is 1. The van der Waals surface area contributed by atoms with Crippen LogP contribution in [0.1, 0.15) is 46.0 Å². The zero-order chi connectivity index (χ0) is 9.31. The molecule has 76 valence electrons. The summed E-state index contributed by atoms with van der Waals surface area (Å²) in [7, 11) is 0. The van der Waals surface area contributed by atoms with E-state index < -0.39 is 0 Å². The van der Waals surface area contributed by atoms with Crippen LogP contribution in [0.5, 0.6) is 0 Å². The van der Waals surface area contributed by atoms with E-state index in [1.54, 1.807) is 0 Å². The SMILES string of the molecule is CC1(C)CC(NC2CCC2)CCO1. The van der Waals surface area contributed by atoms with Crippen molar-refractivity contribution in [3.05, 3.63) is 0 Å². The fraction of sp³-hybridized carbons (Fsp3) is 1.00. The smallest absolute Gasteiger partial charge is 0.0641 e. The first-order valence-electron chi connectivity index (χ1n) is 5.56. The Morgan fingerprint density at radius 2 is 1.92 bits per heavy atom. The van der Waals surface area contributed by atoms with Crippen molar-refractivity contribution in [3.8, 4) is 0 Å². The highest BCUT2D eigenvalue weighted by atomic mass is 16.5. The van der Waals surface area contributed by atoms with Crippen LogP contribution < -0.4 is 5.32 Å². The van der Waals surface area contributed by atoms with E-state index in [2.05, 4.69) is 19.2 Å². The Morgan fingerprint density at radius 3 is 2.46 bits per heavy atom. The van der Waals surface area contributed by atoms with E-state index >= 15 is 0 Å². The van der Waals surface area contributed by atoms with Gasteiger partial charge in [-0.2, -0.15) is 0 Å². The molecule has 0 radical (unpaired) electrons. The zero-order valence-corrected chi connectivity index (χ0v) is 8.81. The lowest BCUT2D eigenvalue weighted by molar-refractivity contribution is -0.0652. The molecule has 0 bridgehead atoms. The molecule has 1 aliphatic heterocycles. The van der Waals surface area contributed by atoms with Crippen LogP contribution in [-0.4, -0.2) is 24.3 Å². The largest absolute Gasteiger partial charge is 0.375 e. The molecular formula is C11H21NO. The number of ether oxygens (including phenoxy) is 1. The van der Waals surface area contributed by atoms with E-state index in [0.717, 1.165) is 12.6 Å². The van der Waals surface area contributed by atoms with Gasteiger partial charge in [0.15, 0.2) is 0 Å². The maximum Gasteiger partial charge on any atom is 0.0641 e. The van der Waals surface area contributed by atoms with Gasteiger partial charge in [-0.1, -0.05) is 6.42 Å². The van der Waals surface area contributed by atoms with Gasteiger partial charge in [-0.15, -0.1) is 0 Å². The highest BCUT2D eigenvalue weighted by molar-refractivity contribution is 4.87. The second kappa shape index (κ2) is 3.58. The molecule has 1 N–H and O–H groups in total. The van der Waals surface area contributed by atoms with Crippen LogP contribution in [0.2, 0.25) is 0 Å². The summed E-state index contributed by atoms with van der Waals surface area (Å²) in [5, 5.41) is 3.73. The molecule has 1 saturated heterocycles. The molecule has 1 saturated carbocycles. The zero-order valence-electron chi connectivity index (χ0n) is 8.81. The molecule has 2 nitrogen and oxygen atoms in total. The lowest BCUT2D eigenvalue weighted by Crippen LogP contribution is -2.49. The highest BCUT2D eigenvalue weighted by Crippen LogP contribution is 2.26. The summed E-state index contributed by atoms with van der Waals surface area (Å²) in [5.41, 5.74) is 0.0969. The van der Waals surface area contributed by atoms with Crippen LogP contribution in [0.15, 0.2) is 0 Å². The first-order chi connectivity index (χ1) is 6.16. The van der Waals surface area contributed by atoms with Gasteiger partial charge in [-0.3, -0.25) is 0 Å². The van der Waals surface area contributed by atoms with Crippen LogP contribution in [0.25, 0.3) is 0 Å².